The van der Waals surface area contributed by atoms with Crippen LogP contribution in [0.5, 0.6) is 23.0 Å². The first-order valence-electron chi connectivity index (χ1n) is 40.3. The van der Waals surface area contributed by atoms with E-state index < -0.39 is 74.4 Å². The molecule has 0 spiro atoms. The molecule has 1 amide bonds. The number of nitrogens with two attached hydrogens (primary N) is 2. The van der Waals surface area contributed by atoms with Crippen molar-refractivity contribution in [3.8, 4) is 23.0 Å². The Kier molecular flexibility index (Phi) is 43.4. The standard InChI is InChI=1S/C23H26BClFN5O4.C22H21ClFN5O4.C19H19ClFN5O3.C12H16ClNO3.C11H11BClFN4O.2CH4.B/c1-23(2)34-13-17(35-23)12-33-20-10-15(7-8-18(20)25)29-22-27-11-19(26)21(30-22)28-14-5-4-6-16(9-14)31-24(3)32;1-2-20(32)26-13-4-3-5-14(8-13)27-21-18(24)10-25-22(29-21)28-15-6-7-17(23)19(9-15)33-12-16(31)11-30;20-15-5-4-13(7-17(15)29-10-14(28)9-27)25-19-23-8-16(21)18(26-19)24-12-3-1-2-11(22)6-12;1-12(2)16-7-9(17-12)6-15-11-5-8(14)3-4-10(11)13;1-12(19)18-8-4-2-3-7(5-8)16-10-9(14)6-15-11(13)17-10;;;/h4-11,17,31-32H,12-13H2,1-3H3,(H2,27,28,29,30);2-10,16,30-31H,1,11-12H2,(H,26,32)(H2,25,27,28,29);1-8,14,27-28H,9-10,22H2,(H2,23,24,25,26);3-5,9H,6-7,14H2,1-2H3;2-6,18-19H,1H3,(H,15,16,17);2*1H4;. The second-order valence-corrected chi connectivity index (χ2v) is 31.5. The van der Waals surface area contributed by atoms with E-state index in [-0.39, 0.29) is 113 Å². The predicted octanol–water partition coefficient (Wildman–Crippen LogP) is 17.4. The number of hydrogen-bond acceptors (Lipinski definition) is 34. The highest BCUT2D eigenvalue weighted by atomic mass is 35.5. The van der Waals surface area contributed by atoms with Crippen molar-refractivity contribution < 1.29 is 90.7 Å². The van der Waals surface area contributed by atoms with E-state index in [4.69, 9.17) is 118 Å². The summed E-state index contributed by atoms with van der Waals surface area (Å²) >= 11 is 30.1. The summed E-state index contributed by atoms with van der Waals surface area (Å²) in [6.45, 7) is 14.5. The molecule has 2 saturated heterocycles. The number of rotatable bonds is 34. The molecule has 2 fully saturated rings. The molecule has 4 atom stereocenters. The normalized spacial score (nSPS) is 13.8. The van der Waals surface area contributed by atoms with Gasteiger partial charge in [-0.15, -0.1) is 0 Å². The topological polar surface area (TPSA) is 488 Å². The van der Waals surface area contributed by atoms with Crippen LogP contribution < -0.4 is 83.4 Å². The van der Waals surface area contributed by atoms with E-state index in [2.05, 4.69) is 99.4 Å². The summed E-state index contributed by atoms with van der Waals surface area (Å²) in [5.74, 6) is -2.20. The molecule has 3 radical (unpaired) electrons. The van der Waals surface area contributed by atoms with E-state index in [9.17, 15) is 42.6 Å². The number of benzene rings is 8. The van der Waals surface area contributed by atoms with Gasteiger partial charge in [0.05, 0.1) is 71.3 Å². The van der Waals surface area contributed by atoms with Crippen LogP contribution in [0.2, 0.25) is 39.0 Å². The number of anilines is 19. The Morgan fingerprint density at radius 2 is 0.779 bits per heavy atom. The fourth-order valence-electron chi connectivity index (χ4n) is 11.5. The van der Waals surface area contributed by atoms with Gasteiger partial charge in [-0.2, -0.15) is 19.9 Å². The SMILES string of the molecule is C.C.C=CC(=O)Nc1cccc(Nc2nc(Nc3ccc(Cl)c(OCC(O)CO)c3)ncc2F)c1.CB(O)Nc1cccc(Nc2nc(Cl)ncc2F)c1.CB(O)Nc1cccc(Nc2nc(Nc3ccc(Cl)c(OCC4COC(C)(C)O4)c3)ncc2F)c1.CC1(C)OCC(COc2cc(N)ccc2Cl)O1.Nc1cccc(Nc2nc(Nc3ccc(Cl)c(OCC(O)CO)c3)ncc2F)c1.[B]. The van der Waals surface area contributed by atoms with Gasteiger partial charge in [0, 0.05) is 101 Å². The number of amides is 1. The Hall–Kier alpha value is -12.7. The van der Waals surface area contributed by atoms with Crippen molar-refractivity contribution in [1.29, 1.82) is 0 Å². The van der Waals surface area contributed by atoms with E-state index in [1.54, 1.807) is 184 Å². The molecule has 12 aromatic rings. The minimum atomic E-state index is -1.05. The molecule has 4 unspecified atom stereocenters. The minimum absolute atomic E-state index is 0. The number of aliphatic hydroxyl groups is 4. The van der Waals surface area contributed by atoms with Crippen molar-refractivity contribution in [2.45, 2.75) is 92.2 Å². The molecule has 2 aliphatic rings. The van der Waals surface area contributed by atoms with Crippen molar-refractivity contribution in [1.82, 2.24) is 39.9 Å². The van der Waals surface area contributed by atoms with Gasteiger partial charge < -0.3 is 133 Å². The number of aliphatic hydroxyl groups excluding tert-OH is 4. The number of carbonyl (C=O) groups is 1. The summed E-state index contributed by atoms with van der Waals surface area (Å²) in [7, 11) is -1.41. The molecule has 14 rings (SSSR count). The fraction of sp³-hybridized carbons (Fsp3) is 0.247. The Balaban J connectivity index is 0.000000236. The average molecular weight is 1980 g/mol. The van der Waals surface area contributed by atoms with Gasteiger partial charge >= 0.3 is 14.1 Å². The Morgan fingerprint density at radius 3 is 1.14 bits per heavy atom. The molecular formula is C89H101B3Cl5F4N20O15. The third-order valence-electron chi connectivity index (χ3n) is 17.5. The Labute approximate surface area is 810 Å². The van der Waals surface area contributed by atoms with Crippen LogP contribution in [0.3, 0.4) is 0 Å². The molecule has 136 heavy (non-hydrogen) atoms. The van der Waals surface area contributed by atoms with Crippen LogP contribution in [0.1, 0.15) is 42.5 Å². The smallest absolute Gasteiger partial charge is 0.406 e. The first-order chi connectivity index (χ1) is 63.5. The summed E-state index contributed by atoms with van der Waals surface area (Å²) in [6, 6.07) is 47.3. The summed E-state index contributed by atoms with van der Waals surface area (Å²) in [5, 5.41) is 85.5. The maximum absolute atomic E-state index is 14.4. The number of hydrogen-bond donors (Lipinski definition) is 18. The second-order valence-electron chi connectivity index (χ2n) is 29.5. The van der Waals surface area contributed by atoms with Crippen molar-refractivity contribution in [3.05, 3.63) is 256 Å². The van der Waals surface area contributed by atoms with E-state index in [0.29, 0.717) is 125 Å². The average Bonchev–Trinajstić information content (AvgIpc) is 1.34. The van der Waals surface area contributed by atoms with Crippen LogP contribution in [0.15, 0.2) is 207 Å². The van der Waals surface area contributed by atoms with E-state index in [1.165, 1.54) is 0 Å². The summed E-state index contributed by atoms with van der Waals surface area (Å²) in [5.41, 5.74) is 18.3. The monoisotopic (exact) mass is 1970 g/mol. The van der Waals surface area contributed by atoms with Gasteiger partial charge in [0.1, 0.15) is 73.8 Å². The minimum Gasteiger partial charge on any atom is -0.489 e. The molecule has 0 saturated carbocycles. The van der Waals surface area contributed by atoms with E-state index >= 15 is 0 Å². The number of nitrogens with zero attached hydrogens (tertiary/aromatic N) is 8. The molecule has 35 nitrogen and oxygen atoms in total. The number of nitrogen functional groups attached to an aromatic ring is 2. The lowest BCUT2D eigenvalue weighted by atomic mass is 9.88. The molecule has 719 valence electrons. The summed E-state index contributed by atoms with van der Waals surface area (Å²) < 4.78 is 101. The fourth-order valence-corrected chi connectivity index (χ4v) is 12.3. The van der Waals surface area contributed by atoms with E-state index in [1.807, 2.05) is 27.7 Å². The van der Waals surface area contributed by atoms with Crippen LogP contribution in [-0.2, 0) is 23.7 Å². The number of nitrogens with one attached hydrogen (secondary N) is 10. The molecule has 0 aliphatic carbocycles. The molecule has 2 aliphatic heterocycles. The van der Waals surface area contributed by atoms with Crippen LogP contribution in [0.25, 0.3) is 0 Å². The molecule has 0 bridgehead atoms. The highest BCUT2D eigenvalue weighted by Crippen LogP contribution is 2.37. The first-order valence-corrected chi connectivity index (χ1v) is 42.2. The van der Waals surface area contributed by atoms with Crippen molar-refractivity contribution in [2.75, 3.05) is 117 Å². The maximum Gasteiger partial charge on any atom is 0.406 e. The lowest BCUT2D eigenvalue weighted by Gasteiger charge is -2.18. The number of ether oxygens (including phenoxy) is 8. The zero-order valence-electron chi connectivity index (χ0n) is 72.4. The zero-order chi connectivity index (χ0) is 95.9. The van der Waals surface area contributed by atoms with Crippen molar-refractivity contribution in [3.63, 3.8) is 0 Å². The largest absolute Gasteiger partial charge is 0.489 e. The van der Waals surface area contributed by atoms with Gasteiger partial charge in [-0.3, -0.25) is 4.79 Å². The van der Waals surface area contributed by atoms with Crippen LogP contribution in [0, 0.1) is 23.3 Å². The van der Waals surface area contributed by atoms with Crippen LogP contribution >= 0.6 is 58.0 Å². The molecule has 47 heteroatoms. The quantitative estimate of drug-likeness (QED) is 0.00585. The third-order valence-corrected chi connectivity index (χ3v) is 18.9. The van der Waals surface area contributed by atoms with Gasteiger partial charge in [0.15, 0.2) is 58.1 Å². The molecule has 4 aromatic heterocycles. The summed E-state index contributed by atoms with van der Waals surface area (Å²) in [6.07, 6.45) is 2.89. The molecular weight excluding hydrogens is 1870 g/mol. The molecule has 8 aromatic carbocycles. The lowest BCUT2D eigenvalue weighted by Crippen LogP contribution is -2.25. The summed E-state index contributed by atoms with van der Waals surface area (Å²) in [4.78, 5) is 43.2. The van der Waals surface area contributed by atoms with Crippen molar-refractivity contribution >= 4 is 196 Å². The van der Waals surface area contributed by atoms with Gasteiger partial charge in [-0.25, -0.2) is 37.5 Å². The van der Waals surface area contributed by atoms with Gasteiger partial charge in [0.25, 0.3) is 0 Å². The first kappa shape index (κ1) is 110. The van der Waals surface area contributed by atoms with E-state index in [0.717, 1.165) is 30.9 Å². The maximum atomic E-state index is 14.4. The highest BCUT2D eigenvalue weighted by molar-refractivity contribution is 6.53. The number of halogens is 9. The van der Waals surface area contributed by atoms with Crippen LogP contribution in [0.4, 0.5) is 127 Å². The third kappa shape index (κ3) is 36.5. The van der Waals surface area contributed by atoms with Crippen LogP contribution in [-0.4, -0.2) is 188 Å². The van der Waals surface area contributed by atoms with Gasteiger partial charge in [-0.05, 0) is 180 Å². The second kappa shape index (κ2) is 53.5. The molecule has 20 N–H and O–H groups in total. The van der Waals surface area contributed by atoms with Gasteiger partial charge in [-0.1, -0.05) is 92.1 Å². The Morgan fingerprint density at radius 1 is 0.463 bits per heavy atom. The van der Waals surface area contributed by atoms with Crippen molar-refractivity contribution in [2.24, 2.45) is 0 Å². The number of carbonyl (C=O) groups excluding carboxylic acids is 1. The highest BCUT2D eigenvalue weighted by Gasteiger charge is 2.35. The molecule has 6 heterocycles. The number of aromatic nitrogens is 8. The predicted molar refractivity (Wildman–Crippen MR) is 527 cm³/mol. The lowest BCUT2D eigenvalue weighted by molar-refractivity contribution is -0.141. The zero-order valence-corrected chi connectivity index (χ0v) is 76.2. The van der Waals surface area contributed by atoms with Gasteiger partial charge in [0.2, 0.25) is 29.0 Å². The Bertz CT molecular complexity index is 5910.